The number of carbonyl (C=O) groups is 1. The summed E-state index contributed by atoms with van der Waals surface area (Å²) in [5.74, 6) is -0.0385. The third-order valence-electron chi connectivity index (χ3n) is 2.64. The monoisotopic (exact) mass is 261 g/mol. The lowest BCUT2D eigenvalue weighted by atomic mass is 10.1. The minimum atomic E-state index is -0.0385. The van der Waals surface area contributed by atoms with Crippen LogP contribution in [-0.4, -0.2) is 13.0 Å². The fourth-order valence-corrected chi connectivity index (χ4v) is 2.33. The van der Waals surface area contributed by atoms with Crippen LogP contribution in [0.4, 0.5) is 0 Å². The van der Waals surface area contributed by atoms with Crippen molar-refractivity contribution in [1.29, 1.82) is 0 Å². The van der Waals surface area contributed by atoms with Gasteiger partial charge in [0, 0.05) is 24.6 Å². The van der Waals surface area contributed by atoms with Gasteiger partial charge >= 0.3 is 0 Å². The van der Waals surface area contributed by atoms with Gasteiger partial charge in [-0.1, -0.05) is 24.3 Å². The summed E-state index contributed by atoms with van der Waals surface area (Å²) < 4.78 is 5.14. The fraction of sp³-hybridized carbons (Fsp3) is 0.214. The van der Waals surface area contributed by atoms with E-state index in [2.05, 4.69) is 5.32 Å². The number of nitrogens with one attached hydrogen (secondary N) is 1. The summed E-state index contributed by atoms with van der Waals surface area (Å²) in [6, 6.07) is 9.77. The van der Waals surface area contributed by atoms with Gasteiger partial charge in [0.05, 0.1) is 6.61 Å². The Morgan fingerprint density at radius 1 is 1.28 bits per heavy atom. The van der Waals surface area contributed by atoms with Gasteiger partial charge in [-0.05, 0) is 22.6 Å². The van der Waals surface area contributed by atoms with E-state index in [0.29, 0.717) is 18.7 Å². The molecule has 0 unspecified atom stereocenters. The molecule has 4 heteroatoms. The molecule has 1 heterocycles. The lowest BCUT2D eigenvalue weighted by molar-refractivity contribution is 0.0951. The maximum Gasteiger partial charge on any atom is 0.252 e. The molecule has 0 spiro atoms. The van der Waals surface area contributed by atoms with E-state index >= 15 is 0 Å². The highest BCUT2D eigenvalue weighted by Crippen LogP contribution is 2.11. The summed E-state index contributed by atoms with van der Waals surface area (Å²) >= 11 is 1.52. The van der Waals surface area contributed by atoms with Crippen LogP contribution in [0.2, 0.25) is 0 Å². The third-order valence-corrected chi connectivity index (χ3v) is 3.32. The first-order valence-corrected chi connectivity index (χ1v) is 6.61. The van der Waals surface area contributed by atoms with Gasteiger partial charge in [-0.3, -0.25) is 4.79 Å². The van der Waals surface area contributed by atoms with Crippen molar-refractivity contribution >= 4 is 17.2 Å². The molecule has 0 atom stereocenters. The Balaban J connectivity index is 2.00. The Morgan fingerprint density at radius 3 is 2.72 bits per heavy atom. The van der Waals surface area contributed by atoms with Crippen molar-refractivity contribution < 1.29 is 9.53 Å². The molecule has 1 N–H and O–H groups in total. The van der Waals surface area contributed by atoms with Crippen molar-refractivity contribution in [3.8, 4) is 0 Å². The minimum absolute atomic E-state index is 0.0385. The van der Waals surface area contributed by atoms with Crippen LogP contribution in [0.5, 0.6) is 0 Å². The van der Waals surface area contributed by atoms with E-state index in [4.69, 9.17) is 4.74 Å². The quantitative estimate of drug-likeness (QED) is 0.898. The van der Waals surface area contributed by atoms with Crippen LogP contribution in [-0.2, 0) is 17.9 Å². The summed E-state index contributed by atoms with van der Waals surface area (Å²) in [6.07, 6.45) is 0. The summed E-state index contributed by atoms with van der Waals surface area (Å²) in [4.78, 5) is 11.8. The number of benzene rings is 1. The number of carbonyl (C=O) groups excluding carboxylic acids is 1. The van der Waals surface area contributed by atoms with Crippen LogP contribution in [0.15, 0.2) is 41.1 Å². The highest BCUT2D eigenvalue weighted by molar-refractivity contribution is 7.08. The molecule has 3 nitrogen and oxygen atoms in total. The standard InChI is InChI=1S/C14H15NO2S/c1-17-9-12-5-3-2-4-11(12)8-15-14(16)13-6-7-18-10-13/h2-7,10H,8-9H2,1H3,(H,15,16). The van der Waals surface area contributed by atoms with Crippen LogP contribution in [0.25, 0.3) is 0 Å². The van der Waals surface area contributed by atoms with Gasteiger partial charge in [0.15, 0.2) is 0 Å². The normalized spacial score (nSPS) is 10.3. The van der Waals surface area contributed by atoms with Gasteiger partial charge in [0.1, 0.15) is 0 Å². The van der Waals surface area contributed by atoms with Gasteiger partial charge < -0.3 is 10.1 Å². The molecule has 0 bridgehead atoms. The third kappa shape index (κ3) is 3.18. The van der Waals surface area contributed by atoms with Gasteiger partial charge in [-0.15, -0.1) is 0 Å². The zero-order chi connectivity index (χ0) is 12.8. The predicted molar refractivity (Wildman–Crippen MR) is 72.6 cm³/mol. The molecule has 0 fully saturated rings. The molecule has 2 rings (SSSR count). The predicted octanol–water partition coefficient (Wildman–Crippen LogP) is 2.82. The summed E-state index contributed by atoms with van der Waals surface area (Å²) in [5.41, 5.74) is 2.90. The average Bonchev–Trinajstić information content (AvgIpc) is 2.92. The zero-order valence-corrected chi connectivity index (χ0v) is 11.0. The molecule has 0 aliphatic heterocycles. The van der Waals surface area contributed by atoms with Crippen LogP contribution in [0, 0.1) is 0 Å². The second-order valence-corrected chi connectivity index (χ2v) is 4.68. The molecule has 0 radical (unpaired) electrons. The SMILES string of the molecule is COCc1ccccc1CNC(=O)c1ccsc1. The van der Waals surface area contributed by atoms with Crippen LogP contribution < -0.4 is 5.32 Å². The number of hydrogen-bond acceptors (Lipinski definition) is 3. The van der Waals surface area contributed by atoms with E-state index in [-0.39, 0.29) is 5.91 Å². The van der Waals surface area contributed by atoms with Gasteiger partial charge in [0.2, 0.25) is 0 Å². The molecule has 18 heavy (non-hydrogen) atoms. The Bertz CT molecular complexity index is 508. The molecule has 1 aromatic heterocycles. The molecule has 0 saturated carbocycles. The molecule has 0 aliphatic rings. The smallest absolute Gasteiger partial charge is 0.252 e. The fourth-order valence-electron chi connectivity index (χ4n) is 1.70. The van der Waals surface area contributed by atoms with Crippen molar-refractivity contribution in [2.24, 2.45) is 0 Å². The molecule has 0 saturated heterocycles. The first-order valence-electron chi connectivity index (χ1n) is 5.67. The highest BCUT2D eigenvalue weighted by Gasteiger charge is 2.07. The zero-order valence-electron chi connectivity index (χ0n) is 10.2. The Morgan fingerprint density at radius 2 is 2.06 bits per heavy atom. The summed E-state index contributed by atoms with van der Waals surface area (Å²) in [7, 11) is 1.67. The molecule has 2 aromatic rings. The van der Waals surface area contributed by atoms with Crippen LogP contribution >= 0.6 is 11.3 Å². The Labute approximate surface area is 110 Å². The first kappa shape index (κ1) is 12.8. The number of ether oxygens (including phenoxy) is 1. The summed E-state index contributed by atoms with van der Waals surface area (Å²) in [5, 5.41) is 6.65. The van der Waals surface area contributed by atoms with Crippen molar-refractivity contribution in [1.82, 2.24) is 5.32 Å². The van der Waals surface area contributed by atoms with Crippen molar-refractivity contribution in [2.45, 2.75) is 13.2 Å². The number of thiophene rings is 1. The maximum atomic E-state index is 11.8. The molecule has 1 aromatic carbocycles. The lowest BCUT2D eigenvalue weighted by Gasteiger charge is -2.09. The van der Waals surface area contributed by atoms with Gasteiger partial charge in [-0.25, -0.2) is 0 Å². The first-order chi connectivity index (χ1) is 8.81. The maximum absolute atomic E-state index is 11.8. The van der Waals surface area contributed by atoms with E-state index in [1.807, 2.05) is 41.1 Å². The Hall–Kier alpha value is -1.65. The van der Waals surface area contributed by atoms with Crippen molar-refractivity contribution in [3.63, 3.8) is 0 Å². The second kappa shape index (κ2) is 6.33. The largest absolute Gasteiger partial charge is 0.380 e. The van der Waals surface area contributed by atoms with Crippen LogP contribution in [0.1, 0.15) is 21.5 Å². The molecular weight excluding hydrogens is 246 g/mol. The molecule has 1 amide bonds. The average molecular weight is 261 g/mol. The second-order valence-electron chi connectivity index (χ2n) is 3.90. The summed E-state index contributed by atoms with van der Waals surface area (Å²) in [6.45, 7) is 1.08. The van der Waals surface area contributed by atoms with E-state index in [1.54, 1.807) is 7.11 Å². The molecular formula is C14H15NO2S. The number of rotatable bonds is 5. The number of hydrogen-bond donors (Lipinski definition) is 1. The highest BCUT2D eigenvalue weighted by atomic mass is 32.1. The van der Waals surface area contributed by atoms with E-state index < -0.39 is 0 Å². The van der Waals surface area contributed by atoms with Crippen molar-refractivity contribution in [3.05, 3.63) is 57.8 Å². The van der Waals surface area contributed by atoms with Gasteiger partial charge in [-0.2, -0.15) is 11.3 Å². The lowest BCUT2D eigenvalue weighted by Crippen LogP contribution is -2.22. The minimum Gasteiger partial charge on any atom is -0.380 e. The van der Waals surface area contributed by atoms with E-state index in [1.165, 1.54) is 11.3 Å². The van der Waals surface area contributed by atoms with Crippen LogP contribution in [0.3, 0.4) is 0 Å². The van der Waals surface area contributed by atoms with Crippen molar-refractivity contribution in [2.75, 3.05) is 7.11 Å². The molecule has 0 aliphatic carbocycles. The topological polar surface area (TPSA) is 38.3 Å². The Kier molecular flexibility index (Phi) is 4.50. The van der Waals surface area contributed by atoms with E-state index in [0.717, 1.165) is 11.1 Å². The molecule has 94 valence electrons. The number of amides is 1. The number of methoxy groups -OCH3 is 1. The van der Waals surface area contributed by atoms with Gasteiger partial charge in [0.25, 0.3) is 5.91 Å². The van der Waals surface area contributed by atoms with E-state index in [9.17, 15) is 4.79 Å².